The number of aryl methyl sites for hydroxylation is 2. The minimum Gasteiger partial charge on any atom is -0.399 e. The summed E-state index contributed by atoms with van der Waals surface area (Å²) in [7, 11) is 2.02. The lowest BCUT2D eigenvalue weighted by Crippen LogP contribution is -2.18. The first-order chi connectivity index (χ1) is 8.54. The third kappa shape index (κ3) is 2.97. The highest BCUT2D eigenvalue weighted by molar-refractivity contribution is 5.44. The molecular weight excluding hydrogens is 224 g/mol. The van der Waals surface area contributed by atoms with Crippen LogP contribution < -0.4 is 10.6 Å². The maximum absolute atomic E-state index is 5.78. The first-order valence-electron chi connectivity index (χ1n) is 5.92. The molecule has 0 atom stereocenters. The van der Waals surface area contributed by atoms with E-state index in [1.807, 2.05) is 45.2 Å². The molecule has 0 saturated heterocycles. The average Bonchev–Trinajstić information content (AvgIpc) is 2.27. The van der Waals surface area contributed by atoms with Gasteiger partial charge in [0.1, 0.15) is 11.6 Å². The van der Waals surface area contributed by atoms with Crippen molar-refractivity contribution >= 4 is 11.5 Å². The van der Waals surface area contributed by atoms with Crippen LogP contribution in [0.4, 0.5) is 11.5 Å². The lowest BCUT2D eigenvalue weighted by Gasteiger charge is -2.19. The van der Waals surface area contributed by atoms with Gasteiger partial charge in [-0.05, 0) is 31.5 Å². The van der Waals surface area contributed by atoms with Gasteiger partial charge < -0.3 is 10.6 Å². The summed E-state index contributed by atoms with van der Waals surface area (Å²) in [5.74, 6) is 1.73. The Labute approximate surface area is 107 Å². The van der Waals surface area contributed by atoms with E-state index in [0.29, 0.717) is 0 Å². The van der Waals surface area contributed by atoms with Crippen LogP contribution in [-0.2, 0) is 6.54 Å². The van der Waals surface area contributed by atoms with Crippen molar-refractivity contribution in [3.63, 3.8) is 0 Å². The van der Waals surface area contributed by atoms with E-state index in [-0.39, 0.29) is 0 Å². The second-order valence-electron chi connectivity index (χ2n) is 4.52. The van der Waals surface area contributed by atoms with Crippen molar-refractivity contribution in [3.8, 4) is 0 Å². The molecule has 2 N–H and O–H groups in total. The summed E-state index contributed by atoms with van der Waals surface area (Å²) < 4.78 is 0. The molecule has 4 heteroatoms. The number of nitrogens with zero attached hydrogens (tertiary/aromatic N) is 3. The van der Waals surface area contributed by atoms with E-state index in [9.17, 15) is 0 Å². The Hall–Kier alpha value is -2.10. The van der Waals surface area contributed by atoms with Gasteiger partial charge in [0, 0.05) is 31.0 Å². The van der Waals surface area contributed by atoms with Crippen LogP contribution >= 0.6 is 0 Å². The van der Waals surface area contributed by atoms with Gasteiger partial charge in [0.15, 0.2) is 0 Å². The zero-order valence-corrected chi connectivity index (χ0v) is 11.0. The molecule has 0 amide bonds. The topological polar surface area (TPSA) is 55.0 Å². The molecule has 0 unspecified atom stereocenters. The van der Waals surface area contributed by atoms with Crippen LogP contribution in [-0.4, -0.2) is 17.0 Å². The summed E-state index contributed by atoms with van der Waals surface area (Å²) in [4.78, 5) is 10.8. The number of nitrogens with two attached hydrogens (primary N) is 1. The van der Waals surface area contributed by atoms with E-state index in [0.717, 1.165) is 29.6 Å². The van der Waals surface area contributed by atoms with Crippen molar-refractivity contribution in [3.05, 3.63) is 47.4 Å². The van der Waals surface area contributed by atoms with Gasteiger partial charge in [-0.15, -0.1) is 0 Å². The second kappa shape index (κ2) is 5.04. The maximum Gasteiger partial charge on any atom is 0.132 e. The third-order valence-electron chi connectivity index (χ3n) is 2.71. The fourth-order valence-corrected chi connectivity index (χ4v) is 1.94. The van der Waals surface area contributed by atoms with Crippen LogP contribution in [0.15, 0.2) is 30.3 Å². The molecule has 94 valence electrons. The Balaban J connectivity index is 2.19. The van der Waals surface area contributed by atoms with Crippen LogP contribution in [0.3, 0.4) is 0 Å². The number of hydrogen-bond acceptors (Lipinski definition) is 4. The van der Waals surface area contributed by atoms with Gasteiger partial charge >= 0.3 is 0 Å². The molecule has 2 rings (SSSR count). The molecule has 0 aliphatic heterocycles. The van der Waals surface area contributed by atoms with E-state index >= 15 is 0 Å². The highest BCUT2D eigenvalue weighted by Gasteiger charge is 2.05. The number of anilines is 2. The Bertz CT molecular complexity index is 531. The molecule has 2 aromatic rings. The van der Waals surface area contributed by atoms with E-state index in [1.54, 1.807) is 0 Å². The fourth-order valence-electron chi connectivity index (χ4n) is 1.94. The summed E-state index contributed by atoms with van der Waals surface area (Å²) >= 11 is 0. The Morgan fingerprint density at radius 2 is 1.94 bits per heavy atom. The molecule has 4 nitrogen and oxygen atoms in total. The average molecular weight is 242 g/mol. The van der Waals surface area contributed by atoms with Gasteiger partial charge in [-0.3, -0.25) is 0 Å². The zero-order valence-electron chi connectivity index (χ0n) is 11.0. The molecule has 0 fully saturated rings. The molecule has 0 saturated carbocycles. The molecule has 1 aromatic carbocycles. The van der Waals surface area contributed by atoms with Crippen LogP contribution in [0.5, 0.6) is 0 Å². The molecule has 0 bridgehead atoms. The molecule has 18 heavy (non-hydrogen) atoms. The van der Waals surface area contributed by atoms with Crippen molar-refractivity contribution in [1.82, 2.24) is 9.97 Å². The van der Waals surface area contributed by atoms with Crippen molar-refractivity contribution in [2.75, 3.05) is 17.7 Å². The predicted octanol–water partition coefficient (Wildman–Crippen LogP) is 2.31. The molecule has 1 aromatic heterocycles. The predicted molar refractivity (Wildman–Crippen MR) is 74.5 cm³/mol. The van der Waals surface area contributed by atoms with Crippen molar-refractivity contribution in [2.24, 2.45) is 0 Å². The molecule has 0 spiro atoms. The third-order valence-corrected chi connectivity index (χ3v) is 2.71. The SMILES string of the molecule is Cc1cc(N(C)Cc2cccc(N)c2)nc(C)n1. The number of benzene rings is 1. The first-order valence-corrected chi connectivity index (χ1v) is 5.92. The largest absolute Gasteiger partial charge is 0.399 e. The highest BCUT2D eigenvalue weighted by Crippen LogP contribution is 2.15. The quantitative estimate of drug-likeness (QED) is 0.839. The maximum atomic E-state index is 5.78. The van der Waals surface area contributed by atoms with Crippen LogP contribution in [0, 0.1) is 13.8 Å². The second-order valence-corrected chi connectivity index (χ2v) is 4.52. The monoisotopic (exact) mass is 242 g/mol. The lowest BCUT2D eigenvalue weighted by atomic mass is 10.2. The molecule has 0 aliphatic rings. The number of rotatable bonds is 3. The van der Waals surface area contributed by atoms with Gasteiger partial charge in [0.05, 0.1) is 0 Å². The van der Waals surface area contributed by atoms with Crippen molar-refractivity contribution < 1.29 is 0 Å². The van der Waals surface area contributed by atoms with E-state index in [4.69, 9.17) is 5.73 Å². The summed E-state index contributed by atoms with van der Waals surface area (Å²) in [6.45, 7) is 4.66. The molecule has 0 aliphatic carbocycles. The standard InChI is InChI=1S/C14H18N4/c1-10-7-14(17-11(2)16-10)18(3)9-12-5-4-6-13(15)8-12/h4-8H,9,15H2,1-3H3. The first kappa shape index (κ1) is 12.4. The van der Waals surface area contributed by atoms with Crippen molar-refractivity contribution in [1.29, 1.82) is 0 Å². The summed E-state index contributed by atoms with van der Waals surface area (Å²) in [6, 6.07) is 9.89. The van der Waals surface area contributed by atoms with Gasteiger partial charge in [-0.1, -0.05) is 12.1 Å². The van der Waals surface area contributed by atoms with Gasteiger partial charge in [-0.25, -0.2) is 9.97 Å². The van der Waals surface area contributed by atoms with Gasteiger partial charge in [0.2, 0.25) is 0 Å². The van der Waals surface area contributed by atoms with E-state index in [2.05, 4.69) is 20.9 Å². The van der Waals surface area contributed by atoms with Gasteiger partial charge in [-0.2, -0.15) is 0 Å². The Morgan fingerprint density at radius 1 is 1.17 bits per heavy atom. The number of nitrogen functional groups attached to an aromatic ring is 1. The summed E-state index contributed by atoms with van der Waals surface area (Å²) in [5.41, 5.74) is 8.72. The highest BCUT2D eigenvalue weighted by atomic mass is 15.2. The summed E-state index contributed by atoms with van der Waals surface area (Å²) in [5, 5.41) is 0. The van der Waals surface area contributed by atoms with Crippen LogP contribution in [0.1, 0.15) is 17.1 Å². The fraction of sp³-hybridized carbons (Fsp3) is 0.286. The zero-order chi connectivity index (χ0) is 13.1. The normalized spacial score (nSPS) is 10.4. The Kier molecular flexibility index (Phi) is 3.46. The summed E-state index contributed by atoms with van der Waals surface area (Å²) in [6.07, 6.45) is 0. The molecular formula is C14H18N4. The van der Waals surface area contributed by atoms with E-state index in [1.165, 1.54) is 5.56 Å². The smallest absolute Gasteiger partial charge is 0.132 e. The molecule has 0 radical (unpaired) electrons. The minimum atomic E-state index is 0.779. The van der Waals surface area contributed by atoms with Crippen LogP contribution in [0.25, 0.3) is 0 Å². The van der Waals surface area contributed by atoms with Gasteiger partial charge in [0.25, 0.3) is 0 Å². The lowest BCUT2D eigenvalue weighted by molar-refractivity contribution is 0.872. The Morgan fingerprint density at radius 3 is 2.61 bits per heavy atom. The number of hydrogen-bond donors (Lipinski definition) is 1. The molecule has 1 heterocycles. The minimum absolute atomic E-state index is 0.779. The van der Waals surface area contributed by atoms with Crippen molar-refractivity contribution in [2.45, 2.75) is 20.4 Å². The van der Waals surface area contributed by atoms with E-state index < -0.39 is 0 Å². The van der Waals surface area contributed by atoms with Crippen LogP contribution in [0.2, 0.25) is 0 Å². The number of aromatic nitrogens is 2.